The first kappa shape index (κ1) is 14.4. The fraction of sp³-hybridized carbons (Fsp3) is 0.167. The minimum absolute atomic E-state index is 0.0974. The first-order chi connectivity index (χ1) is 9.61. The monoisotopic (exact) mass is 308 g/mol. The van der Waals surface area contributed by atoms with Crippen LogP contribution in [0.4, 0.5) is 5.00 Å². The molecule has 0 aliphatic rings. The third-order valence-electron chi connectivity index (χ3n) is 2.42. The number of aryl methyl sites for hydroxylation is 1. The van der Waals surface area contributed by atoms with E-state index in [0.29, 0.717) is 11.4 Å². The molecule has 0 unspecified atom stereocenters. The zero-order valence-electron chi connectivity index (χ0n) is 10.7. The van der Waals surface area contributed by atoms with E-state index in [1.807, 2.05) is 16.9 Å². The molecule has 2 heterocycles. The van der Waals surface area contributed by atoms with Gasteiger partial charge in [-0.05, 0) is 13.0 Å². The molecular formula is C12H12N4O2S2. The highest BCUT2D eigenvalue weighted by molar-refractivity contribution is 7.16. The second-order valence-corrected chi connectivity index (χ2v) is 5.77. The lowest BCUT2D eigenvalue weighted by Gasteiger charge is -1.98. The van der Waals surface area contributed by atoms with Crippen molar-refractivity contribution in [1.82, 2.24) is 4.57 Å². The topological polar surface area (TPSA) is 72.8 Å². The Morgan fingerprint density at radius 2 is 2.35 bits per heavy atom. The molecule has 0 saturated heterocycles. The summed E-state index contributed by atoms with van der Waals surface area (Å²) < 4.78 is 1.99. The molecule has 2 rings (SSSR count). The van der Waals surface area contributed by atoms with E-state index in [4.69, 9.17) is 0 Å². The van der Waals surface area contributed by atoms with Crippen LogP contribution in [0.5, 0.6) is 0 Å². The lowest BCUT2D eigenvalue weighted by Crippen LogP contribution is -2.14. The van der Waals surface area contributed by atoms with E-state index in [9.17, 15) is 10.1 Å². The molecule has 0 aliphatic heterocycles. The van der Waals surface area contributed by atoms with Crippen molar-refractivity contribution in [2.75, 3.05) is 0 Å². The van der Waals surface area contributed by atoms with Gasteiger partial charge in [-0.2, -0.15) is 5.10 Å². The van der Waals surface area contributed by atoms with Gasteiger partial charge in [0, 0.05) is 23.7 Å². The number of nitrogens with zero attached hydrogens (tertiary/aromatic N) is 4. The smallest absolute Gasteiger partial charge is 0.316 e. The van der Waals surface area contributed by atoms with E-state index < -0.39 is 4.92 Å². The molecule has 0 atom stereocenters. The van der Waals surface area contributed by atoms with Crippen molar-refractivity contribution >= 4 is 33.9 Å². The number of aromatic nitrogens is 1. The summed E-state index contributed by atoms with van der Waals surface area (Å²) in [7, 11) is 0. The van der Waals surface area contributed by atoms with Crippen LogP contribution in [-0.4, -0.2) is 15.7 Å². The van der Waals surface area contributed by atoms with E-state index in [1.54, 1.807) is 12.1 Å². The fourth-order valence-corrected chi connectivity index (χ4v) is 3.02. The van der Waals surface area contributed by atoms with Crippen molar-refractivity contribution in [2.45, 2.75) is 13.5 Å². The van der Waals surface area contributed by atoms with Gasteiger partial charge in [-0.1, -0.05) is 17.4 Å². The van der Waals surface area contributed by atoms with Gasteiger partial charge in [-0.15, -0.1) is 23.0 Å². The summed E-state index contributed by atoms with van der Waals surface area (Å²) in [5, 5.41) is 20.8. The summed E-state index contributed by atoms with van der Waals surface area (Å²) in [6.45, 7) is 6.37. The molecule has 8 heteroatoms. The Kier molecular flexibility index (Phi) is 4.59. The molecule has 0 aromatic carbocycles. The molecule has 2 aromatic heterocycles. The molecule has 0 saturated carbocycles. The van der Waals surface area contributed by atoms with Crippen LogP contribution in [0.15, 0.2) is 40.4 Å². The molecule has 20 heavy (non-hydrogen) atoms. The molecule has 0 spiro atoms. The molecule has 0 N–H and O–H groups in total. The third-order valence-corrected chi connectivity index (χ3v) is 4.37. The molecule has 2 aromatic rings. The van der Waals surface area contributed by atoms with Gasteiger partial charge >= 0.3 is 5.00 Å². The number of hydrogen-bond donors (Lipinski definition) is 0. The number of hydrogen-bond acceptors (Lipinski definition) is 6. The Labute approximate surface area is 123 Å². The summed E-state index contributed by atoms with van der Waals surface area (Å²) >= 11 is 2.56. The normalized spacial score (nSPS) is 12.2. The lowest BCUT2D eigenvalue weighted by molar-refractivity contribution is -0.380. The predicted molar refractivity (Wildman–Crippen MR) is 81.4 cm³/mol. The van der Waals surface area contributed by atoms with E-state index in [2.05, 4.69) is 16.8 Å². The maximum absolute atomic E-state index is 10.6. The van der Waals surface area contributed by atoms with Gasteiger partial charge < -0.3 is 4.57 Å². The van der Waals surface area contributed by atoms with Crippen molar-refractivity contribution in [3.05, 3.63) is 55.7 Å². The summed E-state index contributed by atoms with van der Waals surface area (Å²) in [5.74, 6) is 0. The van der Waals surface area contributed by atoms with Crippen molar-refractivity contribution < 1.29 is 4.92 Å². The SMILES string of the molecule is C=CCn1c(C)csc1=N/N=C/c1ccc([N+](=O)[O-])s1. The standard InChI is InChI=1S/C12H12N4O2S2/c1-3-6-15-9(2)8-19-12(15)14-13-7-10-4-5-11(20-10)16(17)18/h3-5,7-8H,1,6H2,2H3/b13-7+,14-12?. The highest BCUT2D eigenvalue weighted by atomic mass is 32.1. The highest BCUT2D eigenvalue weighted by Crippen LogP contribution is 2.22. The molecule has 0 amide bonds. The lowest BCUT2D eigenvalue weighted by atomic mass is 10.5. The van der Waals surface area contributed by atoms with Gasteiger partial charge in [0.15, 0.2) is 0 Å². The second kappa shape index (κ2) is 6.40. The second-order valence-electron chi connectivity index (χ2n) is 3.84. The zero-order chi connectivity index (χ0) is 14.5. The first-order valence-corrected chi connectivity index (χ1v) is 7.38. The van der Waals surface area contributed by atoms with Gasteiger partial charge in [-0.25, -0.2) is 0 Å². The Hall–Kier alpha value is -2.06. The molecule has 6 nitrogen and oxygen atoms in total. The predicted octanol–water partition coefficient (Wildman–Crippen LogP) is 2.95. The van der Waals surface area contributed by atoms with Gasteiger partial charge in [-0.3, -0.25) is 10.1 Å². The zero-order valence-corrected chi connectivity index (χ0v) is 12.4. The quantitative estimate of drug-likeness (QED) is 0.369. The van der Waals surface area contributed by atoms with E-state index in [-0.39, 0.29) is 5.00 Å². The minimum Gasteiger partial charge on any atom is -0.316 e. The summed E-state index contributed by atoms with van der Waals surface area (Å²) in [4.78, 5) is 11.6. The molecule has 0 fully saturated rings. The average Bonchev–Trinajstić information content (AvgIpc) is 3.00. The molecule has 104 valence electrons. The minimum atomic E-state index is -0.417. The van der Waals surface area contributed by atoms with Crippen molar-refractivity contribution in [3.8, 4) is 0 Å². The van der Waals surface area contributed by atoms with Crippen LogP contribution in [0.3, 0.4) is 0 Å². The number of allylic oxidation sites excluding steroid dienone is 1. The van der Waals surface area contributed by atoms with Crippen molar-refractivity contribution in [3.63, 3.8) is 0 Å². The van der Waals surface area contributed by atoms with Gasteiger partial charge in [0.2, 0.25) is 4.80 Å². The summed E-state index contributed by atoms with van der Waals surface area (Å²) in [6.07, 6.45) is 3.32. The number of thiazole rings is 1. The van der Waals surface area contributed by atoms with Gasteiger partial charge in [0.25, 0.3) is 0 Å². The number of thiophene rings is 1. The van der Waals surface area contributed by atoms with Crippen LogP contribution < -0.4 is 4.80 Å². The molecule has 0 bridgehead atoms. The summed E-state index contributed by atoms with van der Waals surface area (Å²) in [6, 6.07) is 3.11. The van der Waals surface area contributed by atoms with Crippen LogP contribution >= 0.6 is 22.7 Å². The van der Waals surface area contributed by atoms with E-state index in [1.165, 1.54) is 23.6 Å². The van der Waals surface area contributed by atoms with Gasteiger partial charge in [0.1, 0.15) is 0 Å². The van der Waals surface area contributed by atoms with Crippen LogP contribution in [-0.2, 0) is 6.54 Å². The molecule has 0 aliphatic carbocycles. The highest BCUT2D eigenvalue weighted by Gasteiger charge is 2.07. The van der Waals surface area contributed by atoms with Gasteiger partial charge in [0.05, 0.1) is 16.0 Å². The Bertz CT molecular complexity index is 724. The Morgan fingerprint density at radius 1 is 1.55 bits per heavy atom. The van der Waals surface area contributed by atoms with Crippen LogP contribution in [0.1, 0.15) is 10.6 Å². The molecule has 0 radical (unpaired) electrons. The Balaban J connectivity index is 2.21. The van der Waals surface area contributed by atoms with Crippen molar-refractivity contribution in [1.29, 1.82) is 0 Å². The van der Waals surface area contributed by atoms with E-state index in [0.717, 1.165) is 21.8 Å². The average molecular weight is 308 g/mol. The number of nitro groups is 1. The van der Waals surface area contributed by atoms with Crippen LogP contribution in [0, 0.1) is 17.0 Å². The maximum Gasteiger partial charge on any atom is 0.324 e. The van der Waals surface area contributed by atoms with E-state index >= 15 is 0 Å². The van der Waals surface area contributed by atoms with Crippen LogP contribution in [0.25, 0.3) is 0 Å². The fourth-order valence-electron chi connectivity index (χ4n) is 1.49. The van der Waals surface area contributed by atoms with Crippen LogP contribution in [0.2, 0.25) is 0 Å². The number of rotatable bonds is 5. The Morgan fingerprint density at radius 3 is 3.00 bits per heavy atom. The first-order valence-electron chi connectivity index (χ1n) is 5.69. The van der Waals surface area contributed by atoms with Crippen molar-refractivity contribution in [2.24, 2.45) is 10.2 Å². The summed E-state index contributed by atoms with van der Waals surface area (Å²) in [5.41, 5.74) is 1.09. The maximum atomic E-state index is 10.6. The largest absolute Gasteiger partial charge is 0.324 e. The molecular weight excluding hydrogens is 296 g/mol. The third kappa shape index (κ3) is 3.28.